The molecule has 0 amide bonds. The van der Waals surface area contributed by atoms with E-state index in [1.54, 1.807) is 0 Å². The van der Waals surface area contributed by atoms with Gasteiger partial charge in [0.05, 0.1) is 35.1 Å². The summed E-state index contributed by atoms with van der Waals surface area (Å²) in [5, 5.41) is 7.58. The molecular weight excluding hydrogens is 500 g/mol. The molecule has 0 aliphatic rings. The number of nitrogens with one attached hydrogen (secondary N) is 1. The molecule has 3 N–H and O–H groups in total. The first-order valence-corrected chi connectivity index (χ1v) is 12.4. The van der Waals surface area contributed by atoms with E-state index in [9.17, 15) is 4.79 Å². The summed E-state index contributed by atoms with van der Waals surface area (Å²) in [5.74, 6) is 1.69. The fourth-order valence-corrected chi connectivity index (χ4v) is 4.66. The molecule has 0 aliphatic heterocycles. The van der Waals surface area contributed by atoms with Gasteiger partial charge in [0.15, 0.2) is 0 Å². The fraction of sp³-hybridized carbons (Fsp3) is 0.241. The van der Waals surface area contributed by atoms with Crippen molar-refractivity contribution >= 4 is 46.3 Å². The summed E-state index contributed by atoms with van der Waals surface area (Å²) in [7, 11) is 2.03. The van der Waals surface area contributed by atoms with Crippen LogP contribution in [0, 0.1) is 5.41 Å². The number of nitrogens with zero attached hydrogens (tertiary/aromatic N) is 4. The highest BCUT2D eigenvalue weighted by Gasteiger charge is 2.15. The van der Waals surface area contributed by atoms with Gasteiger partial charge in [0, 0.05) is 32.0 Å². The fourth-order valence-electron chi connectivity index (χ4n) is 4.66. The molecule has 8 nitrogen and oxygen atoms in total. The summed E-state index contributed by atoms with van der Waals surface area (Å²) in [6.45, 7) is 2.83. The monoisotopic (exact) mass is 530 g/mol. The molecule has 0 spiro atoms. The van der Waals surface area contributed by atoms with Gasteiger partial charge in [0.1, 0.15) is 17.5 Å². The summed E-state index contributed by atoms with van der Waals surface area (Å²) in [6, 6.07) is 22.1. The maximum Gasteiger partial charge on any atom is 0.306 e. The summed E-state index contributed by atoms with van der Waals surface area (Å²) in [6.07, 6.45) is 1.50. The molecule has 0 saturated carbocycles. The quantitative estimate of drug-likeness (QED) is 0.162. The van der Waals surface area contributed by atoms with Crippen LogP contribution in [-0.2, 0) is 36.0 Å². The third kappa shape index (κ3) is 5.55. The van der Waals surface area contributed by atoms with Crippen LogP contribution < -0.4 is 5.73 Å². The van der Waals surface area contributed by atoms with E-state index in [0.29, 0.717) is 38.0 Å². The minimum absolute atomic E-state index is 0. The molecular formula is C29H31ClN6O2. The molecule has 0 aliphatic carbocycles. The van der Waals surface area contributed by atoms with E-state index >= 15 is 0 Å². The van der Waals surface area contributed by atoms with E-state index in [4.69, 9.17) is 25.8 Å². The second-order valence-corrected chi connectivity index (χ2v) is 9.11. The molecule has 2 heterocycles. The SMILES string of the molecule is CCOC(=O)CCc1nc2ccccc2n1Cc1ccc2c(c1)nc(Cc1ccc(C(=N)N)cc1)n2C.Cl. The van der Waals surface area contributed by atoms with Crippen LogP contribution >= 0.6 is 12.4 Å². The predicted octanol–water partition coefficient (Wildman–Crippen LogP) is 4.76. The van der Waals surface area contributed by atoms with Crippen LogP contribution in [0.5, 0.6) is 0 Å². The first kappa shape index (κ1) is 26.9. The number of carbonyl (C=O) groups is 1. The molecule has 3 aromatic carbocycles. The Balaban J connectivity index is 0.00000336. The number of para-hydroxylation sites is 2. The maximum absolute atomic E-state index is 12.0. The Labute approximate surface area is 227 Å². The predicted molar refractivity (Wildman–Crippen MR) is 152 cm³/mol. The highest BCUT2D eigenvalue weighted by Crippen LogP contribution is 2.23. The molecule has 0 fully saturated rings. The summed E-state index contributed by atoms with van der Waals surface area (Å²) in [5.41, 5.74) is 12.5. The zero-order valence-electron chi connectivity index (χ0n) is 21.5. The van der Waals surface area contributed by atoms with Gasteiger partial charge in [-0.25, -0.2) is 9.97 Å². The topological polar surface area (TPSA) is 112 Å². The number of aryl methyl sites for hydroxylation is 2. The van der Waals surface area contributed by atoms with Gasteiger partial charge in [-0.15, -0.1) is 12.4 Å². The number of fused-ring (bicyclic) bond motifs is 2. The first-order chi connectivity index (χ1) is 17.9. The molecule has 0 saturated heterocycles. The van der Waals surface area contributed by atoms with Crippen molar-refractivity contribution in [2.75, 3.05) is 6.61 Å². The van der Waals surface area contributed by atoms with Gasteiger partial charge in [-0.05, 0) is 42.3 Å². The van der Waals surface area contributed by atoms with Gasteiger partial charge in [0.25, 0.3) is 0 Å². The van der Waals surface area contributed by atoms with E-state index < -0.39 is 0 Å². The molecule has 0 atom stereocenters. The van der Waals surface area contributed by atoms with Gasteiger partial charge in [0.2, 0.25) is 0 Å². The van der Waals surface area contributed by atoms with Crippen molar-refractivity contribution in [1.29, 1.82) is 5.41 Å². The lowest BCUT2D eigenvalue weighted by molar-refractivity contribution is -0.143. The van der Waals surface area contributed by atoms with Crippen molar-refractivity contribution in [3.63, 3.8) is 0 Å². The Morgan fingerprint density at radius 1 is 0.947 bits per heavy atom. The van der Waals surface area contributed by atoms with Gasteiger partial charge < -0.3 is 19.6 Å². The van der Waals surface area contributed by atoms with Crippen LogP contribution in [0.25, 0.3) is 22.1 Å². The summed E-state index contributed by atoms with van der Waals surface area (Å²) in [4.78, 5) is 21.7. The lowest BCUT2D eigenvalue weighted by Gasteiger charge is -2.10. The number of carbonyl (C=O) groups excluding carboxylic acids is 1. The maximum atomic E-state index is 12.0. The number of hydrogen-bond donors (Lipinski definition) is 2. The zero-order chi connectivity index (χ0) is 25.9. The molecule has 5 rings (SSSR count). The Morgan fingerprint density at radius 3 is 2.39 bits per heavy atom. The summed E-state index contributed by atoms with van der Waals surface area (Å²) < 4.78 is 9.41. The molecule has 2 aromatic heterocycles. The number of imidazole rings is 2. The van der Waals surface area contributed by atoms with E-state index in [1.807, 2.05) is 56.4 Å². The van der Waals surface area contributed by atoms with Gasteiger partial charge in [-0.2, -0.15) is 0 Å². The van der Waals surface area contributed by atoms with Crippen LogP contribution in [0.4, 0.5) is 0 Å². The highest BCUT2D eigenvalue weighted by atomic mass is 35.5. The lowest BCUT2D eigenvalue weighted by atomic mass is 10.1. The number of benzene rings is 3. The van der Waals surface area contributed by atoms with Crippen LogP contribution in [-0.4, -0.2) is 37.5 Å². The standard InChI is InChI=1S/C29H30N6O2.ClH/c1-3-37-28(36)15-14-26-32-22-6-4-5-7-25(22)35(26)18-20-10-13-24-23(16-20)33-27(34(24)2)17-19-8-11-21(12-9-19)29(30)31;/h4-13,16H,3,14-15,17-18H2,1-2H3,(H3,30,31);1H. The van der Waals surface area contributed by atoms with Crippen LogP contribution in [0.3, 0.4) is 0 Å². The Morgan fingerprint density at radius 2 is 1.66 bits per heavy atom. The number of ether oxygens (including phenoxy) is 1. The van der Waals surface area contributed by atoms with Crippen LogP contribution in [0.15, 0.2) is 66.7 Å². The van der Waals surface area contributed by atoms with Crippen molar-refractivity contribution in [1.82, 2.24) is 19.1 Å². The van der Waals surface area contributed by atoms with E-state index in [1.165, 1.54) is 0 Å². The number of esters is 1. The normalized spacial score (nSPS) is 11.0. The van der Waals surface area contributed by atoms with Crippen LogP contribution in [0.2, 0.25) is 0 Å². The zero-order valence-corrected chi connectivity index (χ0v) is 22.3. The number of nitrogens with two attached hydrogens (primary N) is 1. The second kappa shape index (κ2) is 11.5. The average Bonchev–Trinajstić information content (AvgIpc) is 3.40. The average molecular weight is 531 g/mol. The smallest absolute Gasteiger partial charge is 0.306 e. The highest BCUT2D eigenvalue weighted by molar-refractivity contribution is 5.94. The number of hydrogen-bond acceptors (Lipinski definition) is 5. The largest absolute Gasteiger partial charge is 0.466 e. The number of aromatic nitrogens is 4. The molecule has 9 heteroatoms. The minimum Gasteiger partial charge on any atom is -0.466 e. The van der Waals surface area contributed by atoms with Crippen molar-refractivity contribution in [2.24, 2.45) is 12.8 Å². The van der Waals surface area contributed by atoms with Gasteiger partial charge in [-0.1, -0.05) is 42.5 Å². The van der Waals surface area contributed by atoms with Crippen molar-refractivity contribution in [3.05, 3.63) is 95.1 Å². The van der Waals surface area contributed by atoms with E-state index in [2.05, 4.69) is 33.4 Å². The van der Waals surface area contributed by atoms with E-state index in [-0.39, 0.29) is 24.2 Å². The molecule has 0 unspecified atom stereocenters. The summed E-state index contributed by atoms with van der Waals surface area (Å²) >= 11 is 0. The number of rotatable bonds is 9. The Hall–Kier alpha value is -4.17. The molecule has 196 valence electrons. The number of nitrogen functional groups attached to an aromatic ring is 1. The Kier molecular flexibility index (Phi) is 8.12. The first-order valence-electron chi connectivity index (χ1n) is 12.4. The van der Waals surface area contributed by atoms with Gasteiger partial charge in [-0.3, -0.25) is 10.2 Å². The van der Waals surface area contributed by atoms with Crippen molar-refractivity contribution in [3.8, 4) is 0 Å². The minimum atomic E-state index is -0.209. The number of amidine groups is 1. The second-order valence-electron chi connectivity index (χ2n) is 9.11. The Bertz CT molecular complexity index is 1600. The van der Waals surface area contributed by atoms with E-state index in [0.717, 1.165) is 44.8 Å². The van der Waals surface area contributed by atoms with Crippen molar-refractivity contribution < 1.29 is 9.53 Å². The van der Waals surface area contributed by atoms with Crippen LogP contribution in [0.1, 0.15) is 41.7 Å². The van der Waals surface area contributed by atoms with Crippen molar-refractivity contribution in [2.45, 2.75) is 32.7 Å². The lowest BCUT2D eigenvalue weighted by Crippen LogP contribution is -2.10. The number of halogens is 1. The molecule has 0 radical (unpaired) electrons. The molecule has 5 aromatic rings. The molecule has 0 bridgehead atoms. The molecule has 38 heavy (non-hydrogen) atoms. The third-order valence-electron chi connectivity index (χ3n) is 6.60. The van der Waals surface area contributed by atoms with Gasteiger partial charge >= 0.3 is 5.97 Å². The third-order valence-corrected chi connectivity index (χ3v) is 6.60.